The van der Waals surface area contributed by atoms with Crippen LogP contribution in [-0.4, -0.2) is 25.5 Å². The molecule has 0 amide bonds. The predicted molar refractivity (Wildman–Crippen MR) is 104 cm³/mol. The lowest BCUT2D eigenvalue weighted by molar-refractivity contribution is -0.138. The maximum absolute atomic E-state index is 12.7. The summed E-state index contributed by atoms with van der Waals surface area (Å²) < 4.78 is 27.6. The van der Waals surface area contributed by atoms with Crippen molar-refractivity contribution in [3.63, 3.8) is 0 Å². The molecule has 27 heavy (non-hydrogen) atoms. The van der Waals surface area contributed by atoms with Gasteiger partial charge in [0.2, 0.25) is 10.0 Å². The molecule has 3 rings (SSSR count). The van der Waals surface area contributed by atoms with Crippen LogP contribution in [0.3, 0.4) is 0 Å². The lowest BCUT2D eigenvalue weighted by atomic mass is 9.84. The van der Waals surface area contributed by atoms with E-state index in [1.54, 1.807) is 36.4 Å². The third-order valence-corrected chi connectivity index (χ3v) is 6.63. The van der Waals surface area contributed by atoms with E-state index in [0.717, 1.165) is 24.0 Å². The topological polar surface area (TPSA) is 83.5 Å². The predicted octanol–water partition coefficient (Wildman–Crippen LogP) is 3.71. The average molecular weight is 388 g/mol. The van der Waals surface area contributed by atoms with Crippen molar-refractivity contribution >= 4 is 16.0 Å². The fourth-order valence-electron chi connectivity index (χ4n) is 3.64. The highest BCUT2D eigenvalue weighted by atomic mass is 32.2. The molecule has 0 heterocycles. The van der Waals surface area contributed by atoms with Gasteiger partial charge in [0, 0.05) is 0 Å². The van der Waals surface area contributed by atoms with Crippen molar-refractivity contribution in [1.82, 2.24) is 4.72 Å². The number of carboxylic acid groups (broad SMARTS) is 1. The van der Waals surface area contributed by atoms with Gasteiger partial charge < -0.3 is 5.11 Å². The average Bonchev–Trinajstić information content (AvgIpc) is 2.69. The second-order valence-corrected chi connectivity index (χ2v) is 8.82. The number of sulfonamides is 1. The first kappa shape index (κ1) is 19.6. The first-order valence-electron chi connectivity index (χ1n) is 9.35. The summed E-state index contributed by atoms with van der Waals surface area (Å²) in [7, 11) is -3.90. The molecule has 0 aliphatic heterocycles. The Morgan fingerprint density at radius 1 is 1.00 bits per heavy atom. The molecule has 144 valence electrons. The first-order chi connectivity index (χ1) is 13.0. The molecular formula is C21H25NO4S. The van der Waals surface area contributed by atoms with Crippen LogP contribution < -0.4 is 4.72 Å². The van der Waals surface area contributed by atoms with Crippen molar-refractivity contribution in [2.45, 2.75) is 55.4 Å². The van der Waals surface area contributed by atoms with Gasteiger partial charge in [0.15, 0.2) is 0 Å². The number of aliphatic carboxylic acids is 1. The van der Waals surface area contributed by atoms with Gasteiger partial charge in [-0.3, -0.25) is 4.79 Å². The Labute approximate surface area is 160 Å². The Hall–Kier alpha value is -2.18. The third kappa shape index (κ3) is 5.17. The molecule has 1 aliphatic rings. The Kier molecular flexibility index (Phi) is 6.29. The maximum atomic E-state index is 12.7. The molecule has 6 heteroatoms. The van der Waals surface area contributed by atoms with Crippen molar-refractivity contribution in [2.24, 2.45) is 0 Å². The summed E-state index contributed by atoms with van der Waals surface area (Å²) in [5.41, 5.74) is 1.92. The summed E-state index contributed by atoms with van der Waals surface area (Å²) in [5.74, 6) is -0.699. The number of benzene rings is 2. The first-order valence-corrected chi connectivity index (χ1v) is 10.8. The Balaban J connectivity index is 1.73. The quantitative estimate of drug-likeness (QED) is 0.759. The molecule has 0 bridgehead atoms. The molecule has 2 aromatic rings. The van der Waals surface area contributed by atoms with Crippen molar-refractivity contribution in [1.29, 1.82) is 0 Å². The van der Waals surface area contributed by atoms with E-state index in [2.05, 4.69) is 4.72 Å². The summed E-state index contributed by atoms with van der Waals surface area (Å²) in [4.78, 5) is 11.6. The van der Waals surface area contributed by atoms with Gasteiger partial charge in [0.25, 0.3) is 0 Å². The molecule has 0 aromatic heterocycles. The Morgan fingerprint density at radius 2 is 1.63 bits per heavy atom. The van der Waals surface area contributed by atoms with Crippen LogP contribution in [0.2, 0.25) is 0 Å². The van der Waals surface area contributed by atoms with E-state index < -0.39 is 22.0 Å². The highest BCUT2D eigenvalue weighted by molar-refractivity contribution is 7.89. The lowest BCUT2D eigenvalue weighted by Gasteiger charge is -2.22. The van der Waals surface area contributed by atoms with E-state index >= 15 is 0 Å². The van der Waals surface area contributed by atoms with E-state index in [0.29, 0.717) is 5.92 Å². The highest BCUT2D eigenvalue weighted by Gasteiger charge is 2.26. The van der Waals surface area contributed by atoms with Crippen LogP contribution in [0.5, 0.6) is 0 Å². The SMILES string of the molecule is O=C(O)[C@@H](Cc1ccccc1)NS(=O)(=O)c1ccc(C2CCCCC2)cc1. The van der Waals surface area contributed by atoms with Crippen LogP contribution in [0.15, 0.2) is 59.5 Å². The van der Waals surface area contributed by atoms with Crippen LogP contribution in [0.1, 0.15) is 49.1 Å². The molecule has 2 aromatic carbocycles. The zero-order valence-electron chi connectivity index (χ0n) is 15.2. The fourth-order valence-corrected chi connectivity index (χ4v) is 4.83. The molecule has 1 atom stereocenters. The summed E-state index contributed by atoms with van der Waals surface area (Å²) >= 11 is 0. The number of rotatable bonds is 7. The zero-order chi connectivity index (χ0) is 19.3. The molecule has 0 unspecified atom stereocenters. The van der Waals surface area contributed by atoms with Crippen LogP contribution >= 0.6 is 0 Å². The van der Waals surface area contributed by atoms with Crippen molar-refractivity contribution in [3.8, 4) is 0 Å². The summed E-state index contributed by atoms with van der Waals surface area (Å²) in [6.45, 7) is 0. The molecule has 5 nitrogen and oxygen atoms in total. The van der Waals surface area contributed by atoms with Crippen LogP contribution in [0.4, 0.5) is 0 Å². The van der Waals surface area contributed by atoms with E-state index in [1.807, 2.05) is 18.2 Å². The van der Waals surface area contributed by atoms with Crippen molar-refractivity contribution < 1.29 is 18.3 Å². The second kappa shape index (κ2) is 8.67. The van der Waals surface area contributed by atoms with E-state index in [4.69, 9.17) is 0 Å². The number of carboxylic acids is 1. The number of nitrogens with one attached hydrogen (secondary N) is 1. The standard InChI is InChI=1S/C21H25NO4S/c23-21(24)20(15-16-7-3-1-4-8-16)22-27(25,26)19-13-11-18(12-14-19)17-9-5-2-6-10-17/h1,3-4,7-8,11-14,17,20,22H,2,5-6,9-10,15H2,(H,23,24)/t20-/m1/s1. The Bertz CT molecular complexity index is 857. The minimum Gasteiger partial charge on any atom is -0.480 e. The molecule has 0 spiro atoms. The van der Waals surface area contributed by atoms with E-state index in [9.17, 15) is 18.3 Å². The lowest BCUT2D eigenvalue weighted by Crippen LogP contribution is -2.42. The van der Waals surface area contributed by atoms with Gasteiger partial charge in [-0.05, 0) is 48.4 Å². The van der Waals surface area contributed by atoms with Crippen LogP contribution in [0, 0.1) is 0 Å². The van der Waals surface area contributed by atoms with Gasteiger partial charge >= 0.3 is 5.97 Å². The molecule has 1 aliphatic carbocycles. The number of carbonyl (C=O) groups is 1. The van der Waals surface area contributed by atoms with Gasteiger partial charge in [-0.15, -0.1) is 0 Å². The van der Waals surface area contributed by atoms with E-state index in [-0.39, 0.29) is 11.3 Å². The largest absolute Gasteiger partial charge is 0.480 e. The van der Waals surface area contributed by atoms with Crippen molar-refractivity contribution in [2.75, 3.05) is 0 Å². The molecule has 0 radical (unpaired) electrons. The van der Waals surface area contributed by atoms with E-state index in [1.165, 1.54) is 19.3 Å². The van der Waals surface area contributed by atoms with Crippen LogP contribution in [-0.2, 0) is 21.2 Å². The summed E-state index contributed by atoms with van der Waals surface area (Å²) in [6, 6.07) is 14.6. The normalized spacial score (nSPS) is 16.7. The zero-order valence-corrected chi connectivity index (χ0v) is 16.0. The molecular weight excluding hydrogens is 362 g/mol. The fraction of sp³-hybridized carbons (Fsp3) is 0.381. The minimum absolute atomic E-state index is 0.0928. The van der Waals surface area contributed by atoms with Gasteiger partial charge in [-0.1, -0.05) is 61.7 Å². The monoisotopic (exact) mass is 387 g/mol. The smallest absolute Gasteiger partial charge is 0.322 e. The van der Waals surface area contributed by atoms with Gasteiger partial charge in [-0.2, -0.15) is 4.72 Å². The molecule has 1 fully saturated rings. The molecule has 1 saturated carbocycles. The van der Waals surface area contributed by atoms with Gasteiger partial charge in [0.05, 0.1) is 4.90 Å². The van der Waals surface area contributed by atoms with Crippen LogP contribution in [0.25, 0.3) is 0 Å². The number of hydrogen-bond acceptors (Lipinski definition) is 3. The second-order valence-electron chi connectivity index (χ2n) is 7.11. The van der Waals surface area contributed by atoms with Crippen molar-refractivity contribution in [3.05, 3.63) is 65.7 Å². The van der Waals surface area contributed by atoms with Gasteiger partial charge in [0.1, 0.15) is 6.04 Å². The Morgan fingerprint density at radius 3 is 2.22 bits per heavy atom. The summed E-state index contributed by atoms with van der Waals surface area (Å²) in [6.07, 6.45) is 6.07. The third-order valence-electron chi connectivity index (χ3n) is 5.15. The minimum atomic E-state index is -3.90. The van der Waals surface area contributed by atoms with Gasteiger partial charge in [-0.25, -0.2) is 8.42 Å². The highest BCUT2D eigenvalue weighted by Crippen LogP contribution is 2.32. The molecule has 2 N–H and O–H groups in total. The molecule has 0 saturated heterocycles. The number of hydrogen-bond donors (Lipinski definition) is 2. The maximum Gasteiger partial charge on any atom is 0.322 e. The summed E-state index contributed by atoms with van der Waals surface area (Å²) in [5, 5.41) is 9.43.